The van der Waals surface area contributed by atoms with Crippen LogP contribution in [0.4, 0.5) is 5.13 Å². The van der Waals surface area contributed by atoms with E-state index in [0.717, 1.165) is 27.0 Å². The van der Waals surface area contributed by atoms with E-state index in [1.807, 2.05) is 47.3 Å². The first-order valence-corrected chi connectivity index (χ1v) is 9.10. The number of nitrogens with zero attached hydrogens (tertiary/aromatic N) is 1. The highest BCUT2D eigenvalue weighted by Crippen LogP contribution is 2.30. The number of benzene rings is 1. The number of nitrogens with one attached hydrogen (secondary N) is 2. The van der Waals surface area contributed by atoms with Crippen LogP contribution in [-0.2, 0) is 4.79 Å². The number of thiazole rings is 1. The Bertz CT molecular complexity index is 1010. The number of aromatic nitrogens is 2. The zero-order chi connectivity index (χ0) is 16.4. The van der Waals surface area contributed by atoms with Crippen molar-refractivity contribution in [3.8, 4) is 11.3 Å². The molecule has 0 fully saturated rings. The van der Waals surface area contributed by atoms with Crippen molar-refractivity contribution in [1.29, 1.82) is 0 Å². The lowest BCUT2D eigenvalue weighted by atomic mass is 10.1. The van der Waals surface area contributed by atoms with Crippen LogP contribution in [0, 0.1) is 0 Å². The summed E-state index contributed by atoms with van der Waals surface area (Å²) in [7, 11) is 0. The average Bonchev–Trinajstić information content (AvgIpc) is 3.33. The minimum absolute atomic E-state index is 0.178. The number of carbonyl (C=O) groups excluding carboxylic acids is 1. The predicted octanol–water partition coefficient (Wildman–Crippen LogP) is 5.00. The van der Waals surface area contributed by atoms with E-state index < -0.39 is 0 Å². The molecule has 0 aliphatic rings. The van der Waals surface area contributed by atoms with Crippen molar-refractivity contribution < 1.29 is 4.79 Å². The van der Waals surface area contributed by atoms with E-state index in [1.54, 1.807) is 17.4 Å². The Kier molecular flexibility index (Phi) is 3.98. The molecule has 0 atom stereocenters. The van der Waals surface area contributed by atoms with Crippen LogP contribution in [0.3, 0.4) is 0 Å². The topological polar surface area (TPSA) is 57.8 Å². The molecule has 0 bridgehead atoms. The third-order valence-corrected chi connectivity index (χ3v) is 5.14. The average molecular weight is 351 g/mol. The van der Waals surface area contributed by atoms with E-state index in [4.69, 9.17) is 0 Å². The lowest BCUT2D eigenvalue weighted by Crippen LogP contribution is -2.07. The van der Waals surface area contributed by atoms with Gasteiger partial charge >= 0.3 is 0 Å². The van der Waals surface area contributed by atoms with Gasteiger partial charge in [-0.05, 0) is 23.6 Å². The lowest BCUT2D eigenvalue weighted by Gasteiger charge is -1.96. The van der Waals surface area contributed by atoms with Crippen LogP contribution in [0.5, 0.6) is 0 Å². The Labute approximate surface area is 146 Å². The molecule has 118 valence electrons. The van der Waals surface area contributed by atoms with Gasteiger partial charge in [-0.2, -0.15) is 0 Å². The fourth-order valence-electron chi connectivity index (χ4n) is 2.43. The summed E-state index contributed by atoms with van der Waals surface area (Å²) in [6.07, 6.45) is 5.27. The van der Waals surface area contributed by atoms with Gasteiger partial charge in [0.15, 0.2) is 5.13 Å². The van der Waals surface area contributed by atoms with Crippen LogP contribution in [0.2, 0.25) is 0 Å². The molecule has 0 saturated heterocycles. The third-order valence-electron chi connectivity index (χ3n) is 3.54. The maximum Gasteiger partial charge on any atom is 0.250 e. The van der Waals surface area contributed by atoms with Gasteiger partial charge in [-0.25, -0.2) is 4.98 Å². The molecule has 0 aliphatic heterocycles. The summed E-state index contributed by atoms with van der Waals surface area (Å²) in [5.74, 6) is -0.178. The second-order valence-electron chi connectivity index (χ2n) is 5.12. The molecule has 6 heteroatoms. The molecule has 0 unspecified atom stereocenters. The molecule has 24 heavy (non-hydrogen) atoms. The molecule has 0 radical (unpaired) electrons. The zero-order valence-corrected chi connectivity index (χ0v) is 14.2. The van der Waals surface area contributed by atoms with Crippen LogP contribution in [0.25, 0.3) is 28.2 Å². The second-order valence-corrected chi connectivity index (χ2v) is 6.96. The summed E-state index contributed by atoms with van der Waals surface area (Å²) >= 11 is 3.01. The highest BCUT2D eigenvalue weighted by atomic mass is 32.1. The summed E-state index contributed by atoms with van der Waals surface area (Å²) in [4.78, 5) is 20.8. The zero-order valence-electron chi connectivity index (χ0n) is 12.5. The highest BCUT2D eigenvalue weighted by Gasteiger charge is 2.10. The largest absolute Gasteiger partial charge is 0.360 e. The Morgan fingerprint density at radius 3 is 2.96 bits per heavy atom. The van der Waals surface area contributed by atoms with Gasteiger partial charge in [-0.3, -0.25) is 10.1 Å². The number of carbonyl (C=O) groups is 1. The number of amides is 1. The van der Waals surface area contributed by atoms with Crippen molar-refractivity contribution in [2.75, 3.05) is 5.32 Å². The Balaban J connectivity index is 1.51. The number of hydrogen-bond donors (Lipinski definition) is 2. The SMILES string of the molecule is O=C(/C=C/c1cccs1)Nc1nc(-c2c[nH]c3ccccc23)cs1. The van der Waals surface area contributed by atoms with Gasteiger partial charge < -0.3 is 4.98 Å². The second kappa shape index (κ2) is 6.43. The summed E-state index contributed by atoms with van der Waals surface area (Å²) in [6, 6.07) is 12.0. The van der Waals surface area contributed by atoms with Gasteiger partial charge in [0.2, 0.25) is 5.91 Å². The Morgan fingerprint density at radius 2 is 2.08 bits per heavy atom. The number of fused-ring (bicyclic) bond motifs is 1. The summed E-state index contributed by atoms with van der Waals surface area (Å²) in [6.45, 7) is 0. The summed E-state index contributed by atoms with van der Waals surface area (Å²) in [5.41, 5.74) is 2.97. The monoisotopic (exact) mass is 351 g/mol. The standard InChI is InChI=1S/C18H13N3OS2/c22-17(8-7-12-4-3-9-23-12)21-18-20-16(11-24-18)14-10-19-15-6-2-1-5-13(14)15/h1-11,19H,(H,20,21,22)/b8-7+. The fourth-order valence-corrected chi connectivity index (χ4v) is 3.76. The van der Waals surface area contributed by atoms with Crippen molar-refractivity contribution in [1.82, 2.24) is 9.97 Å². The number of thiophene rings is 1. The first-order valence-electron chi connectivity index (χ1n) is 7.34. The van der Waals surface area contributed by atoms with Crippen molar-refractivity contribution in [3.05, 3.63) is 64.3 Å². The number of anilines is 1. The van der Waals surface area contributed by atoms with Crippen molar-refractivity contribution in [2.24, 2.45) is 0 Å². The molecule has 0 spiro atoms. The highest BCUT2D eigenvalue weighted by molar-refractivity contribution is 7.14. The van der Waals surface area contributed by atoms with Gasteiger partial charge in [-0.15, -0.1) is 22.7 Å². The number of para-hydroxylation sites is 1. The van der Waals surface area contributed by atoms with Gasteiger partial charge in [0, 0.05) is 39.0 Å². The molecule has 0 saturated carbocycles. The van der Waals surface area contributed by atoms with Crippen molar-refractivity contribution in [3.63, 3.8) is 0 Å². The summed E-state index contributed by atoms with van der Waals surface area (Å²) < 4.78 is 0. The number of rotatable bonds is 4. The van der Waals surface area contributed by atoms with E-state index in [9.17, 15) is 4.79 Å². The van der Waals surface area contributed by atoms with Crippen LogP contribution in [-0.4, -0.2) is 15.9 Å². The van der Waals surface area contributed by atoms with Crippen molar-refractivity contribution in [2.45, 2.75) is 0 Å². The molecule has 1 amide bonds. The van der Waals surface area contributed by atoms with Crippen LogP contribution in [0.1, 0.15) is 4.88 Å². The normalized spacial score (nSPS) is 11.3. The number of hydrogen-bond acceptors (Lipinski definition) is 4. The van der Waals surface area contributed by atoms with Crippen LogP contribution < -0.4 is 5.32 Å². The minimum Gasteiger partial charge on any atom is -0.360 e. The van der Waals surface area contributed by atoms with Crippen LogP contribution >= 0.6 is 22.7 Å². The van der Waals surface area contributed by atoms with E-state index in [2.05, 4.69) is 21.4 Å². The number of aromatic amines is 1. The smallest absolute Gasteiger partial charge is 0.250 e. The number of H-pyrrole nitrogens is 1. The quantitative estimate of drug-likeness (QED) is 0.508. The molecule has 3 heterocycles. The fraction of sp³-hybridized carbons (Fsp3) is 0. The van der Waals surface area contributed by atoms with E-state index in [-0.39, 0.29) is 5.91 Å². The molecule has 4 rings (SSSR count). The molecule has 1 aromatic carbocycles. The predicted molar refractivity (Wildman–Crippen MR) is 101 cm³/mol. The Hall–Kier alpha value is -2.70. The first-order chi connectivity index (χ1) is 11.8. The maximum absolute atomic E-state index is 12.0. The lowest BCUT2D eigenvalue weighted by molar-refractivity contribution is -0.111. The molecule has 4 aromatic rings. The molecular weight excluding hydrogens is 338 g/mol. The summed E-state index contributed by atoms with van der Waals surface area (Å²) in [5, 5.41) is 8.46. The van der Waals surface area contributed by atoms with Gasteiger partial charge in [0.1, 0.15) is 0 Å². The van der Waals surface area contributed by atoms with E-state index in [1.165, 1.54) is 17.4 Å². The van der Waals surface area contributed by atoms with E-state index >= 15 is 0 Å². The van der Waals surface area contributed by atoms with E-state index in [0.29, 0.717) is 5.13 Å². The van der Waals surface area contributed by atoms with Gasteiger partial charge in [0.05, 0.1) is 5.69 Å². The molecular formula is C18H13N3OS2. The van der Waals surface area contributed by atoms with Crippen LogP contribution in [0.15, 0.2) is 59.4 Å². The van der Waals surface area contributed by atoms with Gasteiger partial charge in [-0.1, -0.05) is 24.3 Å². The molecule has 0 aliphatic carbocycles. The van der Waals surface area contributed by atoms with Crippen molar-refractivity contribution >= 4 is 50.7 Å². The minimum atomic E-state index is -0.178. The molecule has 2 N–H and O–H groups in total. The Morgan fingerprint density at radius 1 is 1.17 bits per heavy atom. The first kappa shape index (κ1) is 14.9. The molecule has 4 nitrogen and oxygen atoms in total. The molecule has 3 aromatic heterocycles. The van der Waals surface area contributed by atoms with Gasteiger partial charge in [0.25, 0.3) is 0 Å². The third kappa shape index (κ3) is 3.02. The maximum atomic E-state index is 12.0.